The Balaban J connectivity index is 1.69. The number of nitrogens with one attached hydrogen (secondary N) is 1. The van der Waals surface area contributed by atoms with Crippen molar-refractivity contribution in [1.29, 1.82) is 0 Å². The van der Waals surface area contributed by atoms with Crippen LogP contribution in [0.4, 0.5) is 11.4 Å². The Labute approximate surface area is 156 Å². The number of rotatable bonds is 6. The Hall–Kier alpha value is -2.04. The van der Waals surface area contributed by atoms with Gasteiger partial charge in [0.05, 0.1) is 5.92 Å². The van der Waals surface area contributed by atoms with Crippen LogP contribution in [-0.4, -0.2) is 37.5 Å². The van der Waals surface area contributed by atoms with E-state index in [9.17, 15) is 9.59 Å². The molecule has 1 heterocycles. The minimum absolute atomic E-state index is 0.0464. The lowest BCUT2D eigenvalue weighted by Crippen LogP contribution is -2.38. The summed E-state index contributed by atoms with van der Waals surface area (Å²) in [5, 5.41) is 3.14. The molecule has 1 saturated carbocycles. The minimum Gasteiger partial charge on any atom is -0.372 e. The zero-order valence-corrected chi connectivity index (χ0v) is 16.3. The van der Waals surface area contributed by atoms with Crippen LogP contribution in [0.15, 0.2) is 18.2 Å². The summed E-state index contributed by atoms with van der Waals surface area (Å²) >= 11 is 0. The first-order valence-electron chi connectivity index (χ1n) is 9.99. The summed E-state index contributed by atoms with van der Waals surface area (Å²) < 4.78 is 0. The summed E-state index contributed by atoms with van der Waals surface area (Å²) in [7, 11) is 0. The van der Waals surface area contributed by atoms with E-state index >= 15 is 0 Å². The molecule has 2 amide bonds. The quantitative estimate of drug-likeness (QED) is 0.850. The first-order chi connectivity index (χ1) is 12.5. The minimum atomic E-state index is -0.232. The molecule has 1 aliphatic carbocycles. The zero-order valence-electron chi connectivity index (χ0n) is 16.3. The summed E-state index contributed by atoms with van der Waals surface area (Å²) in [5.74, 6) is -0.134. The molecule has 1 N–H and O–H groups in total. The molecule has 0 bridgehead atoms. The van der Waals surface area contributed by atoms with E-state index in [-0.39, 0.29) is 17.7 Å². The second kappa shape index (κ2) is 8.11. The van der Waals surface area contributed by atoms with Crippen LogP contribution in [0.25, 0.3) is 0 Å². The van der Waals surface area contributed by atoms with Gasteiger partial charge in [-0.25, -0.2) is 0 Å². The van der Waals surface area contributed by atoms with Crippen LogP contribution in [0, 0.1) is 12.8 Å². The number of carbonyl (C=O) groups excluding carboxylic acids is 2. The molecule has 1 unspecified atom stereocenters. The van der Waals surface area contributed by atoms with Crippen molar-refractivity contribution in [3.05, 3.63) is 23.8 Å². The van der Waals surface area contributed by atoms with Crippen molar-refractivity contribution in [1.82, 2.24) is 5.32 Å². The third-order valence-electron chi connectivity index (χ3n) is 5.80. The van der Waals surface area contributed by atoms with Crippen molar-refractivity contribution in [3.63, 3.8) is 0 Å². The van der Waals surface area contributed by atoms with E-state index in [4.69, 9.17) is 0 Å². The van der Waals surface area contributed by atoms with Crippen LogP contribution in [0.5, 0.6) is 0 Å². The largest absolute Gasteiger partial charge is 0.372 e. The van der Waals surface area contributed by atoms with E-state index in [0.29, 0.717) is 19.0 Å². The van der Waals surface area contributed by atoms with Gasteiger partial charge in [-0.05, 0) is 57.4 Å². The van der Waals surface area contributed by atoms with E-state index in [0.717, 1.165) is 37.2 Å². The molecule has 0 spiro atoms. The maximum atomic E-state index is 12.5. The fraction of sp³-hybridized carbons (Fsp3) is 0.619. The highest BCUT2D eigenvalue weighted by atomic mass is 16.2. The molecule has 1 atom stereocenters. The lowest BCUT2D eigenvalue weighted by atomic mass is 10.1. The molecule has 0 radical (unpaired) electrons. The maximum Gasteiger partial charge on any atom is 0.227 e. The summed E-state index contributed by atoms with van der Waals surface area (Å²) in [5.41, 5.74) is 3.19. The van der Waals surface area contributed by atoms with E-state index in [1.54, 1.807) is 4.90 Å². The molecule has 5 nitrogen and oxygen atoms in total. The monoisotopic (exact) mass is 357 g/mol. The number of aryl methyl sites for hydroxylation is 1. The lowest BCUT2D eigenvalue weighted by molar-refractivity contribution is -0.126. The number of hydrogen-bond donors (Lipinski definition) is 1. The van der Waals surface area contributed by atoms with Crippen molar-refractivity contribution < 1.29 is 9.59 Å². The maximum absolute atomic E-state index is 12.5. The molecule has 3 rings (SSSR count). The van der Waals surface area contributed by atoms with Gasteiger partial charge in [-0.1, -0.05) is 12.8 Å². The Morgan fingerprint density at radius 1 is 1.23 bits per heavy atom. The van der Waals surface area contributed by atoms with Crippen molar-refractivity contribution in [2.24, 2.45) is 5.92 Å². The first kappa shape index (κ1) is 18.7. The molecule has 1 saturated heterocycles. The van der Waals surface area contributed by atoms with Gasteiger partial charge in [0.25, 0.3) is 0 Å². The fourth-order valence-corrected chi connectivity index (χ4v) is 4.23. The van der Waals surface area contributed by atoms with Gasteiger partial charge in [-0.3, -0.25) is 9.59 Å². The Kier molecular flexibility index (Phi) is 5.84. The highest BCUT2D eigenvalue weighted by molar-refractivity contribution is 6.01. The smallest absolute Gasteiger partial charge is 0.227 e. The molecule has 142 valence electrons. The molecular weight excluding hydrogens is 326 g/mol. The van der Waals surface area contributed by atoms with Gasteiger partial charge in [-0.2, -0.15) is 0 Å². The van der Waals surface area contributed by atoms with Gasteiger partial charge in [0.2, 0.25) is 11.8 Å². The third kappa shape index (κ3) is 3.87. The molecule has 1 aromatic rings. The Morgan fingerprint density at radius 3 is 2.54 bits per heavy atom. The van der Waals surface area contributed by atoms with Gasteiger partial charge >= 0.3 is 0 Å². The third-order valence-corrected chi connectivity index (χ3v) is 5.80. The van der Waals surface area contributed by atoms with Crippen molar-refractivity contribution in [2.75, 3.05) is 29.4 Å². The normalized spacial score (nSPS) is 20.7. The van der Waals surface area contributed by atoms with Crippen molar-refractivity contribution >= 4 is 23.2 Å². The van der Waals surface area contributed by atoms with Crippen molar-refractivity contribution in [3.8, 4) is 0 Å². The van der Waals surface area contributed by atoms with Gasteiger partial charge < -0.3 is 15.1 Å². The average Bonchev–Trinajstić information content (AvgIpc) is 3.26. The number of carbonyl (C=O) groups is 2. The highest BCUT2D eigenvalue weighted by Gasteiger charge is 2.36. The second-order valence-corrected chi connectivity index (χ2v) is 7.54. The number of benzene rings is 1. The van der Waals surface area contributed by atoms with Crippen LogP contribution in [0.2, 0.25) is 0 Å². The number of anilines is 2. The zero-order chi connectivity index (χ0) is 18.7. The second-order valence-electron chi connectivity index (χ2n) is 7.54. The van der Waals surface area contributed by atoms with E-state index in [1.807, 2.05) is 13.0 Å². The van der Waals surface area contributed by atoms with Crippen LogP contribution >= 0.6 is 0 Å². The van der Waals surface area contributed by atoms with Gasteiger partial charge in [0.1, 0.15) is 0 Å². The fourth-order valence-electron chi connectivity index (χ4n) is 4.23. The van der Waals surface area contributed by atoms with E-state index < -0.39 is 0 Å². The van der Waals surface area contributed by atoms with Crippen LogP contribution < -0.4 is 15.1 Å². The summed E-state index contributed by atoms with van der Waals surface area (Å²) in [4.78, 5) is 29.2. The molecule has 2 aliphatic rings. The highest BCUT2D eigenvalue weighted by Crippen LogP contribution is 2.31. The molecule has 5 heteroatoms. The molecular formula is C21H31N3O2. The Morgan fingerprint density at radius 2 is 1.92 bits per heavy atom. The molecule has 0 aromatic heterocycles. The topological polar surface area (TPSA) is 52.6 Å². The van der Waals surface area contributed by atoms with Gasteiger partial charge in [0.15, 0.2) is 0 Å². The SMILES string of the molecule is CCN(CC)c1ccc(N2CC(C(=O)NC3CCCC3)CC2=O)c(C)c1. The number of nitrogens with zero attached hydrogens (tertiary/aromatic N) is 2. The number of hydrogen-bond acceptors (Lipinski definition) is 3. The first-order valence-corrected chi connectivity index (χ1v) is 9.99. The molecule has 1 aliphatic heterocycles. The predicted molar refractivity (Wildman–Crippen MR) is 106 cm³/mol. The van der Waals surface area contributed by atoms with Crippen molar-refractivity contribution in [2.45, 2.75) is 58.9 Å². The van der Waals surface area contributed by atoms with Gasteiger partial charge in [-0.15, -0.1) is 0 Å². The standard InChI is InChI=1S/C21H31N3O2/c1-4-23(5-2)18-10-11-19(15(3)12-18)24-14-16(13-20(24)25)21(26)22-17-8-6-7-9-17/h10-12,16-17H,4-9,13-14H2,1-3H3,(H,22,26). The lowest BCUT2D eigenvalue weighted by Gasteiger charge is -2.24. The molecule has 26 heavy (non-hydrogen) atoms. The summed E-state index contributed by atoms with van der Waals surface area (Å²) in [6.07, 6.45) is 4.84. The Bertz CT molecular complexity index is 663. The van der Waals surface area contributed by atoms with Crippen LogP contribution in [-0.2, 0) is 9.59 Å². The predicted octanol–water partition coefficient (Wildman–Crippen LogP) is 3.25. The summed E-state index contributed by atoms with van der Waals surface area (Å²) in [6.45, 7) is 8.74. The van der Waals surface area contributed by atoms with Crippen LogP contribution in [0.3, 0.4) is 0 Å². The molecule has 2 fully saturated rings. The number of amides is 2. The average molecular weight is 357 g/mol. The molecule has 1 aromatic carbocycles. The van der Waals surface area contributed by atoms with Crippen LogP contribution in [0.1, 0.15) is 51.5 Å². The van der Waals surface area contributed by atoms with E-state index in [1.165, 1.54) is 18.5 Å². The van der Waals surface area contributed by atoms with Gasteiger partial charge in [0, 0.05) is 43.5 Å². The van der Waals surface area contributed by atoms with E-state index in [2.05, 4.69) is 36.2 Å². The summed E-state index contributed by atoms with van der Waals surface area (Å²) in [6, 6.07) is 6.55.